The second kappa shape index (κ2) is 7.85. The van der Waals surface area contributed by atoms with Crippen LogP contribution in [0, 0.1) is 11.3 Å². The van der Waals surface area contributed by atoms with Crippen molar-refractivity contribution in [2.45, 2.75) is 6.42 Å². The highest BCUT2D eigenvalue weighted by Gasteiger charge is 2.26. The Bertz CT molecular complexity index is 544. The smallest absolute Gasteiger partial charge is 0.312 e. The van der Waals surface area contributed by atoms with Gasteiger partial charge in [0.15, 0.2) is 5.78 Å². The lowest BCUT2D eigenvalue weighted by Gasteiger charge is -2.13. The Balaban J connectivity index is 2.55. The van der Waals surface area contributed by atoms with Gasteiger partial charge in [-0.3, -0.25) is 19.4 Å². The van der Waals surface area contributed by atoms with E-state index in [-0.39, 0.29) is 13.0 Å². The highest BCUT2D eigenvalue weighted by atomic mass is 16.4. The first kappa shape index (κ1) is 16.4. The zero-order chi connectivity index (χ0) is 15.8. The summed E-state index contributed by atoms with van der Waals surface area (Å²) in [7, 11) is 0. The van der Waals surface area contributed by atoms with Crippen LogP contribution in [-0.4, -0.2) is 46.6 Å². The standard InChI is InChI=1S/C13H16N4O4/c14-6-10(18)11(15)9(13(20)21)3-5-17-12(19)8-2-1-4-16-7-8/h1-2,4,7,9,15H,3,5-6,14H2,(H,17,19)(H,20,21). The van der Waals surface area contributed by atoms with E-state index in [9.17, 15) is 14.4 Å². The summed E-state index contributed by atoms with van der Waals surface area (Å²) in [5, 5.41) is 19.0. The molecule has 0 aliphatic carbocycles. The van der Waals surface area contributed by atoms with Crippen molar-refractivity contribution in [2.24, 2.45) is 11.7 Å². The zero-order valence-corrected chi connectivity index (χ0v) is 11.2. The van der Waals surface area contributed by atoms with Crippen molar-refractivity contribution in [1.82, 2.24) is 10.3 Å². The molecule has 0 bridgehead atoms. The number of nitrogens with zero attached hydrogens (tertiary/aromatic N) is 1. The van der Waals surface area contributed by atoms with Crippen molar-refractivity contribution >= 4 is 23.4 Å². The molecule has 0 radical (unpaired) electrons. The minimum Gasteiger partial charge on any atom is -0.481 e. The van der Waals surface area contributed by atoms with Crippen LogP contribution in [0.4, 0.5) is 0 Å². The molecule has 0 saturated carbocycles. The first-order chi connectivity index (χ1) is 9.97. The van der Waals surface area contributed by atoms with E-state index in [0.717, 1.165) is 0 Å². The molecule has 0 fully saturated rings. The molecule has 8 nitrogen and oxygen atoms in total. The normalized spacial score (nSPS) is 11.5. The van der Waals surface area contributed by atoms with Crippen molar-refractivity contribution < 1.29 is 19.5 Å². The van der Waals surface area contributed by atoms with Gasteiger partial charge in [-0.1, -0.05) is 0 Å². The SMILES string of the molecule is N=C(C(=O)CN)C(CCNC(=O)c1cccnc1)C(=O)O. The molecule has 0 saturated heterocycles. The molecule has 5 N–H and O–H groups in total. The minimum atomic E-state index is -1.29. The molecule has 1 rings (SSSR count). The second-order valence-corrected chi connectivity index (χ2v) is 4.22. The lowest BCUT2D eigenvalue weighted by molar-refractivity contribution is -0.140. The molecule has 0 spiro atoms. The van der Waals surface area contributed by atoms with Gasteiger partial charge in [0.1, 0.15) is 5.92 Å². The third kappa shape index (κ3) is 4.77. The van der Waals surface area contributed by atoms with E-state index in [1.54, 1.807) is 12.1 Å². The maximum absolute atomic E-state index is 11.7. The zero-order valence-electron chi connectivity index (χ0n) is 11.2. The fraction of sp³-hybridized carbons (Fsp3) is 0.308. The van der Waals surface area contributed by atoms with Crippen molar-refractivity contribution in [3.63, 3.8) is 0 Å². The Morgan fingerprint density at radius 3 is 2.67 bits per heavy atom. The Hall–Kier alpha value is -2.61. The lowest BCUT2D eigenvalue weighted by atomic mass is 9.96. The number of aromatic nitrogens is 1. The number of carbonyl (C=O) groups excluding carboxylic acids is 2. The average Bonchev–Trinajstić information content (AvgIpc) is 2.50. The number of Topliss-reactive ketones (excluding diaryl/α,β-unsaturated/α-hetero) is 1. The number of aliphatic carboxylic acids is 1. The van der Waals surface area contributed by atoms with Gasteiger partial charge >= 0.3 is 5.97 Å². The number of hydrogen-bond acceptors (Lipinski definition) is 6. The highest BCUT2D eigenvalue weighted by molar-refractivity contribution is 6.42. The molecule has 0 aliphatic heterocycles. The number of pyridine rings is 1. The van der Waals surface area contributed by atoms with Crippen LogP contribution < -0.4 is 11.1 Å². The molecular formula is C13H16N4O4. The second-order valence-electron chi connectivity index (χ2n) is 4.22. The number of carboxylic acid groups (broad SMARTS) is 1. The van der Waals surface area contributed by atoms with Crippen LogP contribution in [0.3, 0.4) is 0 Å². The van der Waals surface area contributed by atoms with Gasteiger partial charge in [-0.2, -0.15) is 0 Å². The van der Waals surface area contributed by atoms with Crippen molar-refractivity contribution in [3.05, 3.63) is 30.1 Å². The summed E-state index contributed by atoms with van der Waals surface area (Å²) < 4.78 is 0. The van der Waals surface area contributed by atoms with E-state index in [0.29, 0.717) is 5.56 Å². The number of ketones is 1. The number of rotatable bonds is 8. The fourth-order valence-corrected chi connectivity index (χ4v) is 1.62. The molecule has 8 heteroatoms. The Labute approximate surface area is 120 Å². The van der Waals surface area contributed by atoms with E-state index in [1.165, 1.54) is 12.4 Å². The van der Waals surface area contributed by atoms with Crippen molar-refractivity contribution in [2.75, 3.05) is 13.1 Å². The number of carbonyl (C=O) groups is 3. The van der Waals surface area contributed by atoms with Gasteiger partial charge in [-0.25, -0.2) is 0 Å². The third-order valence-electron chi connectivity index (χ3n) is 2.77. The van der Waals surface area contributed by atoms with Gasteiger partial charge in [0.2, 0.25) is 0 Å². The summed E-state index contributed by atoms with van der Waals surface area (Å²) in [5.41, 5.74) is 4.89. The van der Waals surface area contributed by atoms with E-state index in [2.05, 4.69) is 10.3 Å². The summed E-state index contributed by atoms with van der Waals surface area (Å²) in [4.78, 5) is 37.8. The lowest BCUT2D eigenvalue weighted by Crippen LogP contribution is -2.36. The molecule has 112 valence electrons. The van der Waals surface area contributed by atoms with Crippen LogP contribution >= 0.6 is 0 Å². The summed E-state index contributed by atoms with van der Waals surface area (Å²) in [6, 6.07) is 3.17. The molecule has 1 heterocycles. The third-order valence-corrected chi connectivity index (χ3v) is 2.77. The number of nitrogens with two attached hydrogens (primary N) is 1. The van der Waals surface area contributed by atoms with Crippen molar-refractivity contribution in [3.8, 4) is 0 Å². The summed E-state index contributed by atoms with van der Waals surface area (Å²) in [5.74, 6) is -3.70. The Morgan fingerprint density at radius 2 is 2.14 bits per heavy atom. The topological polar surface area (TPSA) is 146 Å². The highest BCUT2D eigenvalue weighted by Crippen LogP contribution is 2.06. The Kier molecular flexibility index (Phi) is 6.15. The number of nitrogens with one attached hydrogen (secondary N) is 2. The monoisotopic (exact) mass is 292 g/mol. The van der Waals surface area contributed by atoms with Gasteiger partial charge < -0.3 is 21.6 Å². The fourth-order valence-electron chi connectivity index (χ4n) is 1.62. The molecule has 1 atom stereocenters. The number of hydrogen-bond donors (Lipinski definition) is 4. The van der Waals surface area contributed by atoms with Crippen LogP contribution in [0.25, 0.3) is 0 Å². The van der Waals surface area contributed by atoms with Crippen LogP contribution in [0.1, 0.15) is 16.8 Å². The van der Waals surface area contributed by atoms with Gasteiger partial charge in [0.25, 0.3) is 5.91 Å². The van der Waals surface area contributed by atoms with E-state index >= 15 is 0 Å². The van der Waals surface area contributed by atoms with E-state index in [1.807, 2.05) is 0 Å². The van der Waals surface area contributed by atoms with Gasteiger partial charge in [-0.15, -0.1) is 0 Å². The van der Waals surface area contributed by atoms with E-state index in [4.69, 9.17) is 16.2 Å². The van der Waals surface area contributed by atoms with Gasteiger partial charge in [-0.05, 0) is 18.6 Å². The maximum Gasteiger partial charge on any atom is 0.312 e. The quantitative estimate of drug-likeness (QED) is 0.473. The minimum absolute atomic E-state index is 0.0188. The predicted molar refractivity (Wildman–Crippen MR) is 74.1 cm³/mol. The largest absolute Gasteiger partial charge is 0.481 e. The first-order valence-electron chi connectivity index (χ1n) is 6.20. The maximum atomic E-state index is 11.7. The molecule has 0 aliphatic rings. The van der Waals surface area contributed by atoms with E-state index < -0.39 is 35.8 Å². The number of carboxylic acids is 1. The molecule has 0 aromatic carbocycles. The van der Waals surface area contributed by atoms with Gasteiger partial charge in [0.05, 0.1) is 17.8 Å². The molecule has 1 amide bonds. The number of amides is 1. The van der Waals surface area contributed by atoms with Crippen molar-refractivity contribution in [1.29, 1.82) is 5.41 Å². The van der Waals surface area contributed by atoms with Gasteiger partial charge in [0, 0.05) is 18.9 Å². The van der Waals surface area contributed by atoms with Crippen LogP contribution in [0.5, 0.6) is 0 Å². The Morgan fingerprint density at radius 1 is 1.43 bits per heavy atom. The summed E-state index contributed by atoms with van der Waals surface area (Å²) >= 11 is 0. The average molecular weight is 292 g/mol. The first-order valence-corrected chi connectivity index (χ1v) is 6.20. The predicted octanol–water partition coefficient (Wildman–Crippen LogP) is -0.550. The summed E-state index contributed by atoms with van der Waals surface area (Å²) in [6.07, 6.45) is 2.84. The molecule has 1 aromatic rings. The molecule has 1 aromatic heterocycles. The van der Waals surface area contributed by atoms with Crippen LogP contribution in [-0.2, 0) is 9.59 Å². The van der Waals surface area contributed by atoms with Crippen LogP contribution in [0.15, 0.2) is 24.5 Å². The molecule has 1 unspecified atom stereocenters. The summed E-state index contributed by atoms with van der Waals surface area (Å²) in [6.45, 7) is -0.393. The molecule has 21 heavy (non-hydrogen) atoms. The molecular weight excluding hydrogens is 276 g/mol. The van der Waals surface area contributed by atoms with Crippen LogP contribution in [0.2, 0.25) is 0 Å².